The number of aromatic nitrogens is 2. The summed E-state index contributed by atoms with van der Waals surface area (Å²) in [6.45, 7) is 5.62. The number of nitrogens with two attached hydrogens (primary N) is 1. The van der Waals surface area contributed by atoms with E-state index in [1.54, 1.807) is 0 Å². The molecule has 2 heterocycles. The molecule has 2 aromatic rings. The summed E-state index contributed by atoms with van der Waals surface area (Å²) >= 11 is 0. The third-order valence-electron chi connectivity index (χ3n) is 3.47. The number of nitrogen functional groups attached to an aromatic ring is 1. The Balaban J connectivity index is 1.93. The minimum atomic E-state index is -0.260. The van der Waals surface area contributed by atoms with E-state index in [1.807, 2.05) is 26.0 Å². The van der Waals surface area contributed by atoms with E-state index in [4.69, 9.17) is 19.7 Å². The Morgan fingerprint density at radius 2 is 2.10 bits per heavy atom. The minimum absolute atomic E-state index is 0.260. The van der Waals surface area contributed by atoms with Crippen LogP contribution in [0.4, 0.5) is 5.69 Å². The van der Waals surface area contributed by atoms with Crippen molar-refractivity contribution in [3.63, 3.8) is 0 Å². The molecule has 1 atom stereocenters. The first-order chi connectivity index (χ1) is 9.65. The number of nitrogens with zero attached hydrogens (tertiary/aromatic N) is 2. The summed E-state index contributed by atoms with van der Waals surface area (Å²) in [5.41, 5.74) is 9.59. The summed E-state index contributed by atoms with van der Waals surface area (Å²) in [5.74, 6) is 0.973. The molecule has 1 aromatic carbocycles. The zero-order valence-corrected chi connectivity index (χ0v) is 11.5. The van der Waals surface area contributed by atoms with E-state index < -0.39 is 0 Å². The molecule has 1 fully saturated rings. The second kappa shape index (κ2) is 5.22. The van der Waals surface area contributed by atoms with Gasteiger partial charge >= 0.3 is 0 Å². The Hall–Kier alpha value is -1.92. The zero-order valence-electron chi connectivity index (χ0n) is 11.5. The number of hydrogen-bond acceptors (Lipinski definition) is 6. The Morgan fingerprint density at radius 3 is 2.85 bits per heavy atom. The molecular weight excluding hydrogens is 258 g/mol. The number of benzene rings is 1. The standard InChI is InChI=1S/C14H17N3O3/c1-8-5-10(15)6-11(9(8)2)14-16-13(17-20-14)12-7-18-3-4-19-12/h5-6,12H,3-4,7,15H2,1-2H3. The molecular formula is C14H17N3O3. The predicted molar refractivity (Wildman–Crippen MR) is 73.1 cm³/mol. The van der Waals surface area contributed by atoms with Crippen LogP contribution in [0.5, 0.6) is 0 Å². The molecule has 0 aliphatic carbocycles. The van der Waals surface area contributed by atoms with E-state index in [0.29, 0.717) is 37.2 Å². The monoisotopic (exact) mass is 275 g/mol. The van der Waals surface area contributed by atoms with Crippen LogP contribution in [-0.4, -0.2) is 30.0 Å². The fraction of sp³-hybridized carbons (Fsp3) is 0.429. The molecule has 20 heavy (non-hydrogen) atoms. The average Bonchev–Trinajstić information content (AvgIpc) is 2.93. The third-order valence-corrected chi connectivity index (χ3v) is 3.47. The first kappa shape index (κ1) is 13.1. The average molecular weight is 275 g/mol. The highest BCUT2D eigenvalue weighted by Gasteiger charge is 2.23. The molecule has 0 saturated carbocycles. The normalized spacial score (nSPS) is 19.2. The van der Waals surface area contributed by atoms with E-state index in [1.165, 1.54) is 0 Å². The highest BCUT2D eigenvalue weighted by molar-refractivity contribution is 5.66. The molecule has 1 aliphatic rings. The highest BCUT2D eigenvalue weighted by atomic mass is 16.6. The summed E-state index contributed by atoms with van der Waals surface area (Å²) in [7, 11) is 0. The minimum Gasteiger partial charge on any atom is -0.399 e. The first-order valence-corrected chi connectivity index (χ1v) is 6.55. The molecule has 106 valence electrons. The largest absolute Gasteiger partial charge is 0.399 e. The van der Waals surface area contributed by atoms with E-state index in [0.717, 1.165) is 16.7 Å². The van der Waals surface area contributed by atoms with Crippen molar-refractivity contribution >= 4 is 5.69 Å². The van der Waals surface area contributed by atoms with Crippen molar-refractivity contribution in [3.8, 4) is 11.5 Å². The number of ether oxygens (including phenoxy) is 2. The van der Waals surface area contributed by atoms with Gasteiger partial charge in [0.1, 0.15) is 6.10 Å². The van der Waals surface area contributed by atoms with Crippen molar-refractivity contribution in [2.75, 3.05) is 25.6 Å². The molecule has 2 N–H and O–H groups in total. The number of hydrogen-bond donors (Lipinski definition) is 1. The second-order valence-corrected chi connectivity index (χ2v) is 4.90. The molecule has 6 nitrogen and oxygen atoms in total. The summed E-state index contributed by atoms with van der Waals surface area (Å²) in [6, 6.07) is 3.77. The summed E-state index contributed by atoms with van der Waals surface area (Å²) in [6.07, 6.45) is -0.260. The van der Waals surface area contributed by atoms with Crippen molar-refractivity contribution in [2.24, 2.45) is 0 Å². The van der Waals surface area contributed by atoms with Gasteiger partial charge in [-0.05, 0) is 37.1 Å². The highest BCUT2D eigenvalue weighted by Crippen LogP contribution is 2.28. The molecule has 3 rings (SSSR count). The van der Waals surface area contributed by atoms with Crippen LogP contribution < -0.4 is 5.73 Å². The SMILES string of the molecule is Cc1cc(N)cc(-c2nc(C3COCCO3)no2)c1C. The molecule has 0 spiro atoms. The van der Waals surface area contributed by atoms with E-state index >= 15 is 0 Å². The van der Waals surface area contributed by atoms with Crippen molar-refractivity contribution in [1.29, 1.82) is 0 Å². The topological polar surface area (TPSA) is 83.4 Å². The van der Waals surface area contributed by atoms with Gasteiger partial charge in [0, 0.05) is 11.3 Å². The number of aryl methyl sites for hydroxylation is 1. The molecule has 1 unspecified atom stereocenters. The maximum Gasteiger partial charge on any atom is 0.258 e. The van der Waals surface area contributed by atoms with Crippen LogP contribution in [0.25, 0.3) is 11.5 Å². The Bertz CT molecular complexity index is 618. The van der Waals surface area contributed by atoms with Gasteiger partial charge in [-0.2, -0.15) is 4.98 Å². The van der Waals surface area contributed by atoms with Crippen LogP contribution in [0.3, 0.4) is 0 Å². The lowest BCUT2D eigenvalue weighted by molar-refractivity contribution is -0.0941. The van der Waals surface area contributed by atoms with Crippen LogP contribution >= 0.6 is 0 Å². The van der Waals surface area contributed by atoms with E-state index in [9.17, 15) is 0 Å². The van der Waals surface area contributed by atoms with Gasteiger partial charge in [-0.15, -0.1) is 0 Å². The van der Waals surface area contributed by atoms with Gasteiger partial charge in [-0.3, -0.25) is 0 Å². The van der Waals surface area contributed by atoms with Crippen molar-refractivity contribution < 1.29 is 14.0 Å². The van der Waals surface area contributed by atoms with Crippen molar-refractivity contribution in [3.05, 3.63) is 29.1 Å². The van der Waals surface area contributed by atoms with Gasteiger partial charge in [0.05, 0.1) is 19.8 Å². The van der Waals surface area contributed by atoms with E-state index in [-0.39, 0.29) is 6.10 Å². The Morgan fingerprint density at radius 1 is 1.25 bits per heavy atom. The number of rotatable bonds is 2. The summed E-state index contributed by atoms with van der Waals surface area (Å²) < 4.78 is 16.2. The lowest BCUT2D eigenvalue weighted by Crippen LogP contribution is -2.22. The Labute approximate surface area is 116 Å². The first-order valence-electron chi connectivity index (χ1n) is 6.55. The molecule has 1 aromatic heterocycles. The van der Waals surface area contributed by atoms with Gasteiger partial charge < -0.3 is 19.7 Å². The van der Waals surface area contributed by atoms with Gasteiger partial charge in [0.25, 0.3) is 5.89 Å². The van der Waals surface area contributed by atoms with Crippen LogP contribution in [0.1, 0.15) is 23.1 Å². The maximum atomic E-state index is 5.88. The van der Waals surface area contributed by atoms with Crippen LogP contribution in [0.2, 0.25) is 0 Å². The van der Waals surface area contributed by atoms with E-state index in [2.05, 4.69) is 10.1 Å². The zero-order chi connectivity index (χ0) is 14.1. The van der Waals surface area contributed by atoms with Crippen molar-refractivity contribution in [1.82, 2.24) is 10.1 Å². The molecule has 1 aliphatic heterocycles. The lowest BCUT2D eigenvalue weighted by atomic mass is 10.0. The van der Waals surface area contributed by atoms with Gasteiger partial charge in [-0.25, -0.2) is 0 Å². The second-order valence-electron chi connectivity index (χ2n) is 4.90. The summed E-state index contributed by atoms with van der Waals surface area (Å²) in [5, 5.41) is 3.98. The summed E-state index contributed by atoms with van der Waals surface area (Å²) in [4.78, 5) is 4.41. The lowest BCUT2D eigenvalue weighted by Gasteiger charge is -2.19. The predicted octanol–water partition coefficient (Wildman–Crippen LogP) is 2.02. The maximum absolute atomic E-state index is 5.88. The van der Waals surface area contributed by atoms with Crippen LogP contribution in [0, 0.1) is 13.8 Å². The Kier molecular flexibility index (Phi) is 3.42. The molecule has 0 amide bonds. The molecule has 0 radical (unpaired) electrons. The third kappa shape index (κ3) is 2.39. The molecule has 0 bridgehead atoms. The fourth-order valence-corrected chi connectivity index (χ4v) is 2.22. The van der Waals surface area contributed by atoms with Crippen LogP contribution in [0.15, 0.2) is 16.7 Å². The molecule has 6 heteroatoms. The van der Waals surface area contributed by atoms with Gasteiger partial charge in [0.15, 0.2) is 0 Å². The van der Waals surface area contributed by atoms with Gasteiger partial charge in [0.2, 0.25) is 5.82 Å². The smallest absolute Gasteiger partial charge is 0.258 e. The molecule has 1 saturated heterocycles. The number of anilines is 1. The van der Waals surface area contributed by atoms with Crippen molar-refractivity contribution in [2.45, 2.75) is 20.0 Å². The van der Waals surface area contributed by atoms with Gasteiger partial charge in [-0.1, -0.05) is 5.16 Å². The quantitative estimate of drug-likeness (QED) is 0.844. The van der Waals surface area contributed by atoms with Crippen LogP contribution in [-0.2, 0) is 9.47 Å². The fourth-order valence-electron chi connectivity index (χ4n) is 2.22.